The molecule has 0 saturated heterocycles. The molecule has 1 aromatic carbocycles. The van der Waals surface area contributed by atoms with Gasteiger partial charge in [0, 0.05) is 30.4 Å². The van der Waals surface area contributed by atoms with Crippen LogP contribution in [0, 0.1) is 0 Å². The highest BCUT2D eigenvalue weighted by molar-refractivity contribution is 6.31. The van der Waals surface area contributed by atoms with Crippen LogP contribution in [-0.4, -0.2) is 16.3 Å². The fourth-order valence-electron chi connectivity index (χ4n) is 2.46. The van der Waals surface area contributed by atoms with Gasteiger partial charge in [0.2, 0.25) is 0 Å². The van der Waals surface area contributed by atoms with Crippen LogP contribution in [0.4, 0.5) is 0 Å². The summed E-state index contributed by atoms with van der Waals surface area (Å²) in [6, 6.07) is 6.31. The molecule has 0 aliphatic heterocycles. The Morgan fingerprint density at radius 2 is 2.05 bits per heavy atom. The maximum atomic E-state index is 6.43. The molecule has 1 heterocycles. The highest BCUT2D eigenvalue weighted by atomic mass is 35.5. The number of hydrogen-bond donors (Lipinski definition) is 1. The molecule has 2 rings (SSSR count). The lowest BCUT2D eigenvalue weighted by atomic mass is 10.0. The van der Waals surface area contributed by atoms with Gasteiger partial charge in [-0.3, -0.25) is 4.68 Å². The first-order valence-corrected chi connectivity index (χ1v) is 8.05. The van der Waals surface area contributed by atoms with E-state index in [9.17, 15) is 0 Å². The number of nitrogens with zero attached hydrogens (tertiary/aromatic N) is 2. The number of nitrogens with one attached hydrogen (secondary N) is 1. The minimum atomic E-state index is 0.821. The third kappa shape index (κ3) is 4.08. The maximum Gasteiger partial charge on any atom is 0.0702 e. The second-order valence-corrected chi connectivity index (χ2v) is 5.80. The molecule has 4 heteroatoms. The highest BCUT2D eigenvalue weighted by Gasteiger charge is 2.11. The fourth-order valence-corrected chi connectivity index (χ4v) is 2.70. The van der Waals surface area contributed by atoms with Gasteiger partial charge < -0.3 is 5.32 Å². The molecule has 0 unspecified atom stereocenters. The molecule has 3 nitrogen and oxygen atoms in total. The molecule has 21 heavy (non-hydrogen) atoms. The monoisotopic (exact) mass is 305 g/mol. The SMILES string of the molecule is CCCNCc1ccc(-c2cn(C)nc2CCC)cc1Cl. The normalized spacial score (nSPS) is 11.0. The molecule has 0 bridgehead atoms. The molecule has 1 N–H and O–H groups in total. The van der Waals surface area contributed by atoms with Gasteiger partial charge in [-0.25, -0.2) is 0 Å². The Bertz CT molecular complexity index is 590. The van der Waals surface area contributed by atoms with Crippen LogP contribution < -0.4 is 5.32 Å². The molecule has 0 atom stereocenters. The summed E-state index contributed by atoms with van der Waals surface area (Å²) in [4.78, 5) is 0. The number of hydrogen-bond acceptors (Lipinski definition) is 2. The summed E-state index contributed by atoms with van der Waals surface area (Å²) < 4.78 is 1.88. The van der Waals surface area contributed by atoms with Crippen molar-refractivity contribution in [2.45, 2.75) is 39.7 Å². The quantitative estimate of drug-likeness (QED) is 0.777. The second-order valence-electron chi connectivity index (χ2n) is 5.40. The van der Waals surface area contributed by atoms with E-state index in [-0.39, 0.29) is 0 Å². The summed E-state index contributed by atoms with van der Waals surface area (Å²) in [7, 11) is 1.97. The van der Waals surface area contributed by atoms with Gasteiger partial charge in [0.1, 0.15) is 0 Å². The zero-order valence-electron chi connectivity index (χ0n) is 13.1. The average molecular weight is 306 g/mol. The van der Waals surface area contributed by atoms with Crippen LogP contribution >= 0.6 is 11.6 Å². The zero-order chi connectivity index (χ0) is 15.2. The molecule has 0 aliphatic carbocycles. The van der Waals surface area contributed by atoms with Crippen LogP contribution in [0.25, 0.3) is 11.1 Å². The average Bonchev–Trinajstić information content (AvgIpc) is 2.82. The van der Waals surface area contributed by atoms with E-state index in [2.05, 4.69) is 48.7 Å². The van der Waals surface area contributed by atoms with Crippen molar-refractivity contribution in [3.05, 3.63) is 40.7 Å². The largest absolute Gasteiger partial charge is 0.313 e. The molecule has 114 valence electrons. The van der Waals surface area contributed by atoms with Crippen molar-refractivity contribution in [2.24, 2.45) is 7.05 Å². The lowest BCUT2D eigenvalue weighted by molar-refractivity contribution is 0.675. The predicted molar refractivity (Wildman–Crippen MR) is 89.6 cm³/mol. The first-order valence-electron chi connectivity index (χ1n) is 7.67. The van der Waals surface area contributed by atoms with Crippen LogP contribution in [0.5, 0.6) is 0 Å². The molecule has 1 aromatic heterocycles. The van der Waals surface area contributed by atoms with Gasteiger partial charge in [-0.1, -0.05) is 44.0 Å². The molecule has 0 aliphatic rings. The molecular formula is C17H24ClN3. The highest BCUT2D eigenvalue weighted by Crippen LogP contribution is 2.28. The van der Waals surface area contributed by atoms with Crippen LogP contribution in [0.3, 0.4) is 0 Å². The smallest absolute Gasteiger partial charge is 0.0702 e. The third-order valence-electron chi connectivity index (χ3n) is 3.50. The van der Waals surface area contributed by atoms with Crippen molar-refractivity contribution >= 4 is 11.6 Å². The standard InChI is InChI=1S/C17H24ClN3/c1-4-6-17-15(12-21(3)20-17)13-7-8-14(16(18)10-13)11-19-9-5-2/h7-8,10,12,19H,4-6,9,11H2,1-3H3. The lowest BCUT2D eigenvalue weighted by Crippen LogP contribution is -2.13. The second kappa shape index (κ2) is 7.62. The van der Waals surface area contributed by atoms with Crippen molar-refractivity contribution in [1.29, 1.82) is 0 Å². The molecule has 0 saturated carbocycles. The Labute approximate surface area is 132 Å². The van der Waals surface area contributed by atoms with E-state index in [4.69, 9.17) is 11.6 Å². The summed E-state index contributed by atoms with van der Waals surface area (Å²) in [5, 5.41) is 8.76. The predicted octanol–water partition coefficient (Wildman–Crippen LogP) is 4.19. The summed E-state index contributed by atoms with van der Waals surface area (Å²) in [5.74, 6) is 0. The molecule has 0 amide bonds. The van der Waals surface area contributed by atoms with Crippen LogP contribution in [0.1, 0.15) is 37.9 Å². The van der Waals surface area contributed by atoms with Crippen LogP contribution in [-0.2, 0) is 20.0 Å². The Hall–Kier alpha value is -1.32. The molecule has 2 aromatic rings. The Kier molecular flexibility index (Phi) is 5.83. The van der Waals surface area contributed by atoms with E-state index < -0.39 is 0 Å². The Morgan fingerprint density at radius 3 is 2.71 bits per heavy atom. The van der Waals surface area contributed by atoms with E-state index >= 15 is 0 Å². The van der Waals surface area contributed by atoms with Crippen LogP contribution in [0.15, 0.2) is 24.4 Å². The number of benzene rings is 1. The van der Waals surface area contributed by atoms with Gasteiger partial charge in [-0.2, -0.15) is 5.10 Å². The topological polar surface area (TPSA) is 29.9 Å². The first kappa shape index (κ1) is 16.1. The van der Waals surface area contributed by atoms with Gasteiger partial charge in [-0.15, -0.1) is 0 Å². The lowest BCUT2D eigenvalue weighted by Gasteiger charge is -2.08. The van der Waals surface area contributed by atoms with E-state index in [0.717, 1.165) is 54.2 Å². The van der Waals surface area contributed by atoms with E-state index in [0.29, 0.717) is 0 Å². The summed E-state index contributed by atoms with van der Waals surface area (Å²) in [6.45, 7) is 6.17. The maximum absolute atomic E-state index is 6.43. The van der Waals surface area contributed by atoms with E-state index in [1.54, 1.807) is 0 Å². The molecule has 0 radical (unpaired) electrons. The summed E-state index contributed by atoms with van der Waals surface area (Å²) >= 11 is 6.43. The Balaban J connectivity index is 2.23. The van der Waals surface area contributed by atoms with Crippen molar-refractivity contribution in [3.63, 3.8) is 0 Å². The number of aryl methyl sites for hydroxylation is 2. The number of aromatic nitrogens is 2. The van der Waals surface area contributed by atoms with Crippen molar-refractivity contribution in [3.8, 4) is 11.1 Å². The van der Waals surface area contributed by atoms with Gasteiger partial charge in [-0.05, 0) is 36.6 Å². The number of rotatable bonds is 7. The minimum Gasteiger partial charge on any atom is -0.313 e. The van der Waals surface area contributed by atoms with Gasteiger partial charge >= 0.3 is 0 Å². The Morgan fingerprint density at radius 1 is 1.24 bits per heavy atom. The zero-order valence-corrected chi connectivity index (χ0v) is 13.9. The number of halogens is 1. The van der Waals surface area contributed by atoms with Crippen LogP contribution in [0.2, 0.25) is 5.02 Å². The van der Waals surface area contributed by atoms with E-state index in [1.165, 1.54) is 5.56 Å². The van der Waals surface area contributed by atoms with Crippen molar-refractivity contribution in [1.82, 2.24) is 15.1 Å². The molecule has 0 spiro atoms. The molecule has 0 fully saturated rings. The van der Waals surface area contributed by atoms with Gasteiger partial charge in [0.05, 0.1) is 5.69 Å². The van der Waals surface area contributed by atoms with Crippen molar-refractivity contribution in [2.75, 3.05) is 6.54 Å². The van der Waals surface area contributed by atoms with E-state index in [1.807, 2.05) is 11.7 Å². The summed E-state index contributed by atoms with van der Waals surface area (Å²) in [6.07, 6.45) is 5.29. The minimum absolute atomic E-state index is 0.821. The third-order valence-corrected chi connectivity index (χ3v) is 3.85. The van der Waals surface area contributed by atoms with Crippen molar-refractivity contribution < 1.29 is 0 Å². The van der Waals surface area contributed by atoms with Gasteiger partial charge in [0.15, 0.2) is 0 Å². The first-order chi connectivity index (χ1) is 10.2. The fraction of sp³-hybridized carbons (Fsp3) is 0.471. The van der Waals surface area contributed by atoms with Gasteiger partial charge in [0.25, 0.3) is 0 Å². The molecular weight excluding hydrogens is 282 g/mol. The summed E-state index contributed by atoms with van der Waals surface area (Å²) in [5.41, 5.74) is 4.63.